The highest BCUT2D eigenvalue weighted by atomic mass is 15.1. The molecule has 0 amide bonds. The predicted molar refractivity (Wildman–Crippen MR) is 97.6 cm³/mol. The monoisotopic (exact) mass is 316 g/mol. The van der Waals surface area contributed by atoms with Gasteiger partial charge in [0.25, 0.3) is 0 Å². The fourth-order valence-electron chi connectivity index (χ4n) is 3.38. The number of fused-ring (bicyclic) bond motifs is 1. The molecule has 0 fully saturated rings. The SMILES string of the molecule is Nc1nc(N[C@@H]2CCCc3ccccc32)cc(-c2ccccc2)n1. The van der Waals surface area contributed by atoms with E-state index < -0.39 is 0 Å². The van der Waals surface area contributed by atoms with Crippen molar-refractivity contribution in [2.24, 2.45) is 0 Å². The molecule has 120 valence electrons. The second-order valence-corrected chi connectivity index (χ2v) is 6.15. The first-order valence-electron chi connectivity index (χ1n) is 8.34. The van der Waals surface area contributed by atoms with E-state index in [9.17, 15) is 0 Å². The summed E-state index contributed by atoms with van der Waals surface area (Å²) in [4.78, 5) is 8.75. The van der Waals surface area contributed by atoms with Crippen LogP contribution in [0.1, 0.15) is 30.0 Å². The van der Waals surface area contributed by atoms with Crippen LogP contribution in [0.2, 0.25) is 0 Å². The highest BCUT2D eigenvalue weighted by Crippen LogP contribution is 2.32. The zero-order chi connectivity index (χ0) is 16.4. The van der Waals surface area contributed by atoms with Gasteiger partial charge in [-0.1, -0.05) is 54.6 Å². The highest BCUT2D eigenvalue weighted by molar-refractivity contribution is 5.64. The van der Waals surface area contributed by atoms with Crippen LogP contribution in [0.5, 0.6) is 0 Å². The lowest BCUT2D eigenvalue weighted by atomic mass is 9.88. The Balaban J connectivity index is 1.65. The van der Waals surface area contributed by atoms with Gasteiger partial charge in [0, 0.05) is 11.6 Å². The number of hydrogen-bond acceptors (Lipinski definition) is 4. The van der Waals surface area contributed by atoms with E-state index >= 15 is 0 Å². The zero-order valence-electron chi connectivity index (χ0n) is 13.4. The summed E-state index contributed by atoms with van der Waals surface area (Å²) in [6.45, 7) is 0. The van der Waals surface area contributed by atoms with Gasteiger partial charge in [0.05, 0.1) is 11.7 Å². The number of rotatable bonds is 3. The number of hydrogen-bond donors (Lipinski definition) is 2. The molecule has 0 saturated heterocycles. The van der Waals surface area contributed by atoms with Gasteiger partial charge in [-0.15, -0.1) is 0 Å². The summed E-state index contributed by atoms with van der Waals surface area (Å²) in [7, 11) is 0. The molecule has 0 spiro atoms. The Bertz CT molecular complexity index is 845. The van der Waals surface area contributed by atoms with E-state index in [0.29, 0.717) is 5.95 Å². The maximum Gasteiger partial charge on any atom is 0.222 e. The molecule has 0 bridgehead atoms. The van der Waals surface area contributed by atoms with Gasteiger partial charge < -0.3 is 11.1 Å². The summed E-state index contributed by atoms with van der Waals surface area (Å²) >= 11 is 0. The van der Waals surface area contributed by atoms with Crippen LogP contribution >= 0.6 is 0 Å². The van der Waals surface area contributed by atoms with Crippen LogP contribution in [0.4, 0.5) is 11.8 Å². The molecular formula is C20H20N4. The van der Waals surface area contributed by atoms with Crippen molar-refractivity contribution < 1.29 is 0 Å². The van der Waals surface area contributed by atoms with E-state index in [1.54, 1.807) is 0 Å². The molecule has 0 saturated carbocycles. The first-order chi connectivity index (χ1) is 11.8. The molecule has 0 radical (unpaired) electrons. The lowest BCUT2D eigenvalue weighted by Crippen LogP contribution is -2.18. The molecule has 24 heavy (non-hydrogen) atoms. The van der Waals surface area contributed by atoms with Crippen LogP contribution in [-0.2, 0) is 6.42 Å². The molecule has 1 heterocycles. The molecule has 1 atom stereocenters. The molecule has 3 aromatic rings. The Morgan fingerprint density at radius 3 is 2.62 bits per heavy atom. The number of anilines is 2. The van der Waals surface area contributed by atoms with Gasteiger partial charge in [0.15, 0.2) is 0 Å². The van der Waals surface area contributed by atoms with Gasteiger partial charge in [0.2, 0.25) is 5.95 Å². The second kappa shape index (κ2) is 6.32. The van der Waals surface area contributed by atoms with Crippen molar-refractivity contribution in [3.8, 4) is 11.3 Å². The molecule has 1 aliphatic rings. The minimum absolute atomic E-state index is 0.271. The number of benzene rings is 2. The van der Waals surface area contributed by atoms with Crippen LogP contribution < -0.4 is 11.1 Å². The minimum atomic E-state index is 0.271. The fourth-order valence-corrected chi connectivity index (χ4v) is 3.38. The molecule has 4 heteroatoms. The summed E-state index contributed by atoms with van der Waals surface area (Å²) in [5.74, 6) is 1.08. The van der Waals surface area contributed by atoms with Gasteiger partial charge in [-0.25, -0.2) is 4.98 Å². The summed E-state index contributed by atoms with van der Waals surface area (Å²) in [5, 5.41) is 3.56. The molecule has 2 aromatic carbocycles. The van der Waals surface area contributed by atoms with Gasteiger partial charge in [-0.2, -0.15) is 4.98 Å². The average Bonchev–Trinajstić information content (AvgIpc) is 2.62. The van der Waals surface area contributed by atoms with Crippen LogP contribution in [-0.4, -0.2) is 9.97 Å². The van der Waals surface area contributed by atoms with Crippen molar-refractivity contribution in [2.45, 2.75) is 25.3 Å². The lowest BCUT2D eigenvalue weighted by molar-refractivity contribution is 0.598. The molecule has 0 aliphatic heterocycles. The summed E-state index contributed by atoms with van der Waals surface area (Å²) in [6.07, 6.45) is 3.43. The Kier molecular flexibility index (Phi) is 3.87. The summed E-state index contributed by atoms with van der Waals surface area (Å²) in [5.41, 5.74) is 10.6. The number of nitrogens with two attached hydrogens (primary N) is 1. The van der Waals surface area contributed by atoms with Crippen molar-refractivity contribution in [1.29, 1.82) is 0 Å². The van der Waals surface area contributed by atoms with E-state index in [-0.39, 0.29) is 6.04 Å². The maximum atomic E-state index is 5.93. The predicted octanol–water partition coefficient (Wildman–Crippen LogP) is 4.22. The molecular weight excluding hydrogens is 296 g/mol. The second-order valence-electron chi connectivity index (χ2n) is 6.15. The summed E-state index contributed by atoms with van der Waals surface area (Å²) in [6, 6.07) is 20.9. The number of aromatic nitrogens is 2. The standard InChI is InChI=1S/C20H20N4/c21-20-23-18(15-8-2-1-3-9-15)13-19(24-20)22-17-12-6-10-14-7-4-5-11-16(14)17/h1-5,7-9,11,13,17H,6,10,12H2,(H3,21,22,23,24)/t17-/m1/s1. The Morgan fingerprint density at radius 2 is 1.75 bits per heavy atom. The quantitative estimate of drug-likeness (QED) is 0.759. The van der Waals surface area contributed by atoms with Gasteiger partial charge in [-0.3, -0.25) is 0 Å². The molecule has 4 rings (SSSR count). The van der Waals surface area contributed by atoms with E-state index in [2.05, 4.69) is 39.6 Å². The fraction of sp³-hybridized carbons (Fsp3) is 0.200. The Morgan fingerprint density at radius 1 is 0.958 bits per heavy atom. The van der Waals surface area contributed by atoms with E-state index in [1.165, 1.54) is 17.5 Å². The smallest absolute Gasteiger partial charge is 0.222 e. The third-order valence-electron chi connectivity index (χ3n) is 4.50. The minimum Gasteiger partial charge on any atom is -0.368 e. The lowest BCUT2D eigenvalue weighted by Gasteiger charge is -2.27. The van der Waals surface area contributed by atoms with Gasteiger partial charge >= 0.3 is 0 Å². The van der Waals surface area contributed by atoms with E-state index in [4.69, 9.17) is 5.73 Å². The van der Waals surface area contributed by atoms with Gasteiger partial charge in [-0.05, 0) is 30.4 Å². The van der Waals surface area contributed by atoms with Gasteiger partial charge in [0.1, 0.15) is 5.82 Å². The molecule has 1 aromatic heterocycles. The van der Waals surface area contributed by atoms with Crippen LogP contribution in [0, 0.1) is 0 Å². The zero-order valence-corrected chi connectivity index (χ0v) is 13.4. The van der Waals surface area contributed by atoms with Crippen molar-refractivity contribution >= 4 is 11.8 Å². The largest absolute Gasteiger partial charge is 0.368 e. The first kappa shape index (κ1) is 14.7. The topological polar surface area (TPSA) is 63.8 Å². The summed E-state index contributed by atoms with van der Waals surface area (Å²) < 4.78 is 0. The van der Waals surface area contributed by atoms with Crippen molar-refractivity contribution in [3.63, 3.8) is 0 Å². The molecule has 1 aliphatic carbocycles. The van der Waals surface area contributed by atoms with E-state index in [0.717, 1.165) is 29.9 Å². The molecule has 0 unspecified atom stereocenters. The van der Waals surface area contributed by atoms with E-state index in [1.807, 2.05) is 36.4 Å². The third kappa shape index (κ3) is 2.95. The molecule has 3 N–H and O–H groups in total. The van der Waals surface area contributed by atoms with Crippen molar-refractivity contribution in [2.75, 3.05) is 11.1 Å². The van der Waals surface area contributed by atoms with Crippen LogP contribution in [0.3, 0.4) is 0 Å². The van der Waals surface area contributed by atoms with Crippen molar-refractivity contribution in [1.82, 2.24) is 9.97 Å². The van der Waals surface area contributed by atoms with Crippen LogP contribution in [0.25, 0.3) is 11.3 Å². The number of nitrogen functional groups attached to an aromatic ring is 1. The first-order valence-corrected chi connectivity index (χ1v) is 8.34. The Hall–Kier alpha value is -2.88. The highest BCUT2D eigenvalue weighted by Gasteiger charge is 2.20. The number of aryl methyl sites for hydroxylation is 1. The van der Waals surface area contributed by atoms with Crippen LogP contribution in [0.15, 0.2) is 60.7 Å². The number of nitrogens with zero attached hydrogens (tertiary/aromatic N) is 2. The van der Waals surface area contributed by atoms with Crippen molar-refractivity contribution in [3.05, 3.63) is 71.8 Å². The Labute approximate surface area is 141 Å². The number of nitrogens with one attached hydrogen (secondary N) is 1. The average molecular weight is 316 g/mol. The third-order valence-corrected chi connectivity index (χ3v) is 4.50. The normalized spacial score (nSPS) is 16.4. The maximum absolute atomic E-state index is 5.93. The molecule has 4 nitrogen and oxygen atoms in total.